The van der Waals surface area contributed by atoms with Gasteiger partial charge in [0.1, 0.15) is 0 Å². The van der Waals surface area contributed by atoms with E-state index >= 15 is 0 Å². The molecule has 0 radical (unpaired) electrons. The van der Waals surface area contributed by atoms with E-state index in [1.165, 1.54) is 0 Å². The minimum Gasteiger partial charge on any atom is -0.464 e. The number of ether oxygens (including phenoxy) is 1. The zero-order chi connectivity index (χ0) is 15.7. The van der Waals surface area contributed by atoms with Crippen molar-refractivity contribution in [3.63, 3.8) is 0 Å². The molecule has 1 aromatic rings. The molecule has 120 valence electrons. The summed E-state index contributed by atoms with van der Waals surface area (Å²) in [5.41, 5.74) is 5.65. The van der Waals surface area contributed by atoms with E-state index in [1.807, 2.05) is 6.92 Å². The molecule has 1 atom stereocenters. The van der Waals surface area contributed by atoms with E-state index in [4.69, 9.17) is 10.5 Å². The predicted molar refractivity (Wildman–Crippen MR) is 85.5 cm³/mol. The second kappa shape index (κ2) is 9.33. The number of rotatable bonds is 10. The summed E-state index contributed by atoms with van der Waals surface area (Å²) in [6, 6.07) is 0.541. The molecule has 1 aromatic heterocycles. The summed E-state index contributed by atoms with van der Waals surface area (Å²) < 4.78 is 5.26. The summed E-state index contributed by atoms with van der Waals surface area (Å²) in [4.78, 5) is 14.6. The molecular formula is C14H28N6O. The Labute approximate surface area is 127 Å². The molecule has 0 aliphatic carbocycles. The van der Waals surface area contributed by atoms with Crippen molar-refractivity contribution in [1.29, 1.82) is 0 Å². The highest BCUT2D eigenvalue weighted by Gasteiger charge is 2.09. The maximum Gasteiger partial charge on any atom is 0.323 e. The van der Waals surface area contributed by atoms with E-state index in [1.54, 1.807) is 0 Å². The molecule has 0 saturated carbocycles. The van der Waals surface area contributed by atoms with Crippen molar-refractivity contribution in [2.45, 2.75) is 46.6 Å². The first kappa shape index (κ1) is 17.4. The Balaban J connectivity index is 2.45. The highest BCUT2D eigenvalue weighted by molar-refractivity contribution is 5.33. The van der Waals surface area contributed by atoms with Gasteiger partial charge >= 0.3 is 6.01 Å². The first-order chi connectivity index (χ1) is 10.1. The smallest absolute Gasteiger partial charge is 0.323 e. The number of hydrogen-bond acceptors (Lipinski definition) is 7. The molecule has 0 saturated heterocycles. The van der Waals surface area contributed by atoms with Gasteiger partial charge in [-0.25, -0.2) is 0 Å². The van der Waals surface area contributed by atoms with Crippen LogP contribution in [0.15, 0.2) is 0 Å². The Morgan fingerprint density at radius 3 is 2.52 bits per heavy atom. The zero-order valence-corrected chi connectivity index (χ0v) is 13.6. The Kier molecular flexibility index (Phi) is 7.74. The molecular weight excluding hydrogens is 268 g/mol. The highest BCUT2D eigenvalue weighted by Crippen LogP contribution is 2.11. The molecule has 0 aliphatic rings. The lowest BCUT2D eigenvalue weighted by Gasteiger charge is -2.19. The summed E-state index contributed by atoms with van der Waals surface area (Å²) in [6.07, 6.45) is 2.18. The molecule has 1 rings (SSSR count). The zero-order valence-electron chi connectivity index (χ0n) is 13.6. The Morgan fingerprint density at radius 1 is 1.19 bits per heavy atom. The van der Waals surface area contributed by atoms with Gasteiger partial charge in [-0.1, -0.05) is 13.8 Å². The maximum atomic E-state index is 5.65. The molecule has 0 spiro atoms. The average molecular weight is 296 g/mol. The number of nitrogens with one attached hydrogen (secondary N) is 1. The third kappa shape index (κ3) is 6.57. The van der Waals surface area contributed by atoms with Crippen LogP contribution in [0.1, 0.15) is 40.5 Å². The molecule has 7 nitrogen and oxygen atoms in total. The molecule has 21 heavy (non-hydrogen) atoms. The van der Waals surface area contributed by atoms with Crippen LogP contribution in [0.3, 0.4) is 0 Å². The van der Waals surface area contributed by atoms with E-state index in [2.05, 4.69) is 45.9 Å². The number of aromatic nitrogens is 3. The van der Waals surface area contributed by atoms with Crippen molar-refractivity contribution < 1.29 is 4.74 Å². The van der Waals surface area contributed by atoms with Crippen LogP contribution in [0.2, 0.25) is 0 Å². The predicted octanol–water partition coefficient (Wildman–Crippen LogP) is 1.77. The topological polar surface area (TPSA) is 89.2 Å². The monoisotopic (exact) mass is 296 g/mol. The molecule has 1 unspecified atom stereocenters. The molecule has 0 amide bonds. The summed E-state index contributed by atoms with van der Waals surface area (Å²) in [5.74, 6) is 0.646. The van der Waals surface area contributed by atoms with Gasteiger partial charge in [0.05, 0.1) is 6.61 Å². The molecule has 0 aliphatic heterocycles. The number of nitrogen functional groups attached to an aromatic ring is 1. The van der Waals surface area contributed by atoms with Crippen molar-refractivity contribution in [2.75, 3.05) is 37.3 Å². The minimum absolute atomic E-state index is 0.172. The first-order valence-corrected chi connectivity index (χ1v) is 7.72. The molecule has 0 fully saturated rings. The van der Waals surface area contributed by atoms with Crippen LogP contribution in [0, 0.1) is 0 Å². The third-order valence-electron chi connectivity index (χ3n) is 3.29. The second-order valence-corrected chi connectivity index (χ2v) is 4.95. The summed E-state index contributed by atoms with van der Waals surface area (Å²) >= 11 is 0. The van der Waals surface area contributed by atoms with E-state index < -0.39 is 0 Å². The first-order valence-electron chi connectivity index (χ1n) is 7.72. The van der Waals surface area contributed by atoms with Crippen LogP contribution >= 0.6 is 0 Å². The lowest BCUT2D eigenvalue weighted by Crippen LogP contribution is -2.26. The Hall–Kier alpha value is -1.63. The normalized spacial score (nSPS) is 12.4. The van der Waals surface area contributed by atoms with E-state index in [-0.39, 0.29) is 18.0 Å². The van der Waals surface area contributed by atoms with Crippen LogP contribution < -0.4 is 15.8 Å². The number of hydrogen-bond donors (Lipinski definition) is 2. The third-order valence-corrected chi connectivity index (χ3v) is 3.29. The molecule has 0 aromatic carbocycles. The number of anilines is 2. The fourth-order valence-corrected chi connectivity index (χ4v) is 2.08. The standard InChI is InChI=1S/C14H28N6O/c1-5-20(6-2)10-8-9-11(4)16-13-17-12(15)18-14(19-13)21-7-3/h11H,5-10H2,1-4H3,(H3,15,16,17,18,19). The van der Waals surface area contributed by atoms with E-state index in [9.17, 15) is 0 Å². The van der Waals surface area contributed by atoms with E-state index in [0.717, 1.165) is 32.5 Å². The van der Waals surface area contributed by atoms with Gasteiger partial charge in [0, 0.05) is 6.04 Å². The van der Waals surface area contributed by atoms with Crippen molar-refractivity contribution >= 4 is 11.9 Å². The van der Waals surface area contributed by atoms with Crippen molar-refractivity contribution in [3.8, 4) is 6.01 Å². The second-order valence-electron chi connectivity index (χ2n) is 4.95. The van der Waals surface area contributed by atoms with Gasteiger partial charge in [0.25, 0.3) is 0 Å². The lowest BCUT2D eigenvalue weighted by atomic mass is 10.2. The van der Waals surface area contributed by atoms with Crippen molar-refractivity contribution in [2.24, 2.45) is 0 Å². The minimum atomic E-state index is 0.172. The van der Waals surface area contributed by atoms with Crippen molar-refractivity contribution in [3.05, 3.63) is 0 Å². The van der Waals surface area contributed by atoms with Gasteiger partial charge in [-0.05, 0) is 46.3 Å². The van der Waals surface area contributed by atoms with Gasteiger partial charge in [-0.3, -0.25) is 0 Å². The fourth-order valence-electron chi connectivity index (χ4n) is 2.08. The van der Waals surface area contributed by atoms with Crippen LogP contribution in [0.5, 0.6) is 6.01 Å². The molecule has 7 heteroatoms. The van der Waals surface area contributed by atoms with Crippen molar-refractivity contribution in [1.82, 2.24) is 19.9 Å². The van der Waals surface area contributed by atoms with Gasteiger partial charge in [-0.15, -0.1) is 0 Å². The van der Waals surface area contributed by atoms with Crippen LogP contribution in [-0.4, -0.2) is 52.1 Å². The molecule has 1 heterocycles. The van der Waals surface area contributed by atoms with Gasteiger partial charge in [0.15, 0.2) is 0 Å². The fraction of sp³-hybridized carbons (Fsp3) is 0.786. The highest BCUT2D eigenvalue weighted by atomic mass is 16.5. The van der Waals surface area contributed by atoms with Gasteiger partial charge in [0.2, 0.25) is 11.9 Å². The largest absolute Gasteiger partial charge is 0.464 e. The lowest BCUT2D eigenvalue weighted by molar-refractivity contribution is 0.295. The van der Waals surface area contributed by atoms with Gasteiger partial charge < -0.3 is 20.7 Å². The van der Waals surface area contributed by atoms with Crippen LogP contribution in [0.4, 0.5) is 11.9 Å². The molecule has 3 N–H and O–H groups in total. The van der Waals surface area contributed by atoms with E-state index in [0.29, 0.717) is 12.6 Å². The van der Waals surface area contributed by atoms with Crippen LogP contribution in [0.25, 0.3) is 0 Å². The SMILES string of the molecule is CCOc1nc(N)nc(NC(C)CCCN(CC)CC)n1. The summed E-state index contributed by atoms with van der Waals surface area (Å²) in [5, 5.41) is 3.25. The molecule has 0 bridgehead atoms. The average Bonchev–Trinajstić information content (AvgIpc) is 2.43. The Bertz CT molecular complexity index is 410. The summed E-state index contributed by atoms with van der Waals surface area (Å²) in [7, 11) is 0. The van der Waals surface area contributed by atoms with Crippen LogP contribution in [-0.2, 0) is 0 Å². The maximum absolute atomic E-state index is 5.65. The number of nitrogens with two attached hydrogens (primary N) is 1. The summed E-state index contributed by atoms with van der Waals surface area (Å²) in [6.45, 7) is 12.2. The van der Waals surface area contributed by atoms with Gasteiger partial charge in [-0.2, -0.15) is 15.0 Å². The quantitative estimate of drug-likeness (QED) is 0.680. The Morgan fingerprint density at radius 2 is 1.90 bits per heavy atom. The number of nitrogens with zero attached hydrogens (tertiary/aromatic N) is 4.